The van der Waals surface area contributed by atoms with E-state index in [9.17, 15) is 34.5 Å². The standard InChI is InChI=1S/C33H45N5O8/c1-19(2)35-17-22(39)18-46-28-11-6-9-25-29(28)23-16-21(12-13-24(23)37-25)30(40)34-14-5-4-8-26(32(42)43)36-20(3)31(41)38-15-7-10-27(38)33(44)45/h6,9,11-13,16,19-20,22,26-27,35-37,39H,4-5,7-8,10,14-15,17-18H2,1-3H3,(H,34,40)(H,42,43)(H,44,45)/t20?,22?,26?,27-/m0/s1. The van der Waals surface area contributed by atoms with E-state index < -0.39 is 42.1 Å². The molecule has 7 N–H and O–H groups in total. The number of carboxylic acid groups (broad SMARTS) is 2. The summed E-state index contributed by atoms with van der Waals surface area (Å²) in [6.45, 7) is 6.74. The number of hydrogen-bond donors (Lipinski definition) is 7. The number of carbonyl (C=O) groups is 4. The van der Waals surface area contributed by atoms with Crippen LogP contribution in [0.3, 0.4) is 0 Å². The number of rotatable bonds is 17. The fourth-order valence-electron chi connectivity index (χ4n) is 5.76. The van der Waals surface area contributed by atoms with Gasteiger partial charge in [0.05, 0.1) is 11.6 Å². The number of carboxylic acids is 2. The molecule has 2 amide bonds. The lowest BCUT2D eigenvalue weighted by molar-refractivity contribution is -0.149. The zero-order chi connectivity index (χ0) is 33.4. The molecule has 1 aliphatic rings. The molecule has 0 saturated carbocycles. The van der Waals surface area contributed by atoms with E-state index in [1.807, 2.05) is 38.1 Å². The Morgan fingerprint density at radius 1 is 1.07 bits per heavy atom. The van der Waals surface area contributed by atoms with Gasteiger partial charge >= 0.3 is 11.9 Å². The topological polar surface area (TPSA) is 193 Å². The average Bonchev–Trinajstić information content (AvgIpc) is 3.66. The lowest BCUT2D eigenvalue weighted by Crippen LogP contribution is -2.53. The van der Waals surface area contributed by atoms with E-state index in [0.29, 0.717) is 56.6 Å². The van der Waals surface area contributed by atoms with Crippen molar-refractivity contribution >= 4 is 45.6 Å². The van der Waals surface area contributed by atoms with Gasteiger partial charge < -0.3 is 40.6 Å². The molecule has 3 aromatic rings. The Bertz CT molecular complexity index is 1540. The number of fused-ring (bicyclic) bond motifs is 3. The molecule has 4 rings (SSSR count). The summed E-state index contributed by atoms with van der Waals surface area (Å²) in [4.78, 5) is 53.8. The number of carbonyl (C=O) groups excluding carboxylic acids is 2. The van der Waals surface area contributed by atoms with Crippen molar-refractivity contribution in [1.29, 1.82) is 0 Å². The minimum atomic E-state index is -1.10. The van der Waals surface area contributed by atoms with Crippen LogP contribution in [0.15, 0.2) is 36.4 Å². The first kappa shape index (κ1) is 34.7. The second kappa shape index (κ2) is 15.9. The quantitative estimate of drug-likeness (QED) is 0.108. The molecule has 1 fully saturated rings. The van der Waals surface area contributed by atoms with Gasteiger partial charge in [0, 0.05) is 47.5 Å². The molecule has 2 heterocycles. The number of H-pyrrole nitrogens is 1. The zero-order valence-electron chi connectivity index (χ0n) is 26.5. The lowest BCUT2D eigenvalue weighted by atomic mass is 10.1. The Morgan fingerprint density at radius 3 is 2.57 bits per heavy atom. The van der Waals surface area contributed by atoms with E-state index in [1.165, 1.54) is 4.90 Å². The highest BCUT2D eigenvalue weighted by atomic mass is 16.5. The molecule has 1 saturated heterocycles. The molecule has 0 aliphatic carbocycles. The van der Waals surface area contributed by atoms with Gasteiger partial charge in [0.15, 0.2) is 0 Å². The number of likely N-dealkylation sites (tertiary alicyclic amines) is 1. The zero-order valence-corrected chi connectivity index (χ0v) is 26.5. The predicted molar refractivity (Wildman–Crippen MR) is 173 cm³/mol. The number of aliphatic carboxylic acids is 2. The first-order valence-electron chi connectivity index (χ1n) is 15.8. The van der Waals surface area contributed by atoms with Crippen molar-refractivity contribution in [2.45, 2.75) is 83.1 Å². The number of ether oxygens (including phenoxy) is 1. The minimum absolute atomic E-state index is 0.114. The Labute approximate surface area is 267 Å². The van der Waals surface area contributed by atoms with Crippen LogP contribution in [-0.4, -0.2) is 105 Å². The lowest BCUT2D eigenvalue weighted by Gasteiger charge is -2.27. The van der Waals surface area contributed by atoms with Crippen molar-refractivity contribution in [3.05, 3.63) is 42.0 Å². The van der Waals surface area contributed by atoms with E-state index in [0.717, 1.165) is 21.8 Å². The number of nitrogens with one attached hydrogen (secondary N) is 4. The molecule has 1 aliphatic heterocycles. The van der Waals surface area contributed by atoms with Crippen LogP contribution < -0.4 is 20.7 Å². The Hall–Kier alpha value is -4.20. The van der Waals surface area contributed by atoms with Crippen LogP contribution in [0.25, 0.3) is 21.8 Å². The summed E-state index contributed by atoms with van der Waals surface area (Å²) in [6, 6.07) is 8.51. The third-order valence-corrected chi connectivity index (χ3v) is 8.19. The van der Waals surface area contributed by atoms with E-state index >= 15 is 0 Å². The van der Waals surface area contributed by atoms with E-state index in [4.69, 9.17) is 4.74 Å². The summed E-state index contributed by atoms with van der Waals surface area (Å²) in [7, 11) is 0. The average molecular weight is 640 g/mol. The maximum atomic E-state index is 13.0. The van der Waals surface area contributed by atoms with Gasteiger partial charge in [-0.25, -0.2) is 4.79 Å². The molecule has 13 nitrogen and oxygen atoms in total. The van der Waals surface area contributed by atoms with Crippen LogP contribution >= 0.6 is 0 Å². The normalized spacial score (nSPS) is 16.9. The highest BCUT2D eigenvalue weighted by Crippen LogP contribution is 2.34. The summed E-state index contributed by atoms with van der Waals surface area (Å²) < 4.78 is 5.98. The second-order valence-electron chi connectivity index (χ2n) is 12.2. The number of hydrogen-bond acceptors (Lipinski definition) is 8. The molecule has 0 spiro atoms. The van der Waals surface area contributed by atoms with Crippen LogP contribution in [0.1, 0.15) is 63.2 Å². The number of nitrogens with zero attached hydrogens (tertiary/aromatic N) is 1. The third kappa shape index (κ3) is 8.74. The number of amides is 2. The van der Waals surface area contributed by atoms with E-state index in [1.54, 1.807) is 19.1 Å². The number of benzene rings is 2. The third-order valence-electron chi connectivity index (χ3n) is 8.19. The minimum Gasteiger partial charge on any atom is -0.490 e. The van der Waals surface area contributed by atoms with Crippen molar-refractivity contribution in [3.8, 4) is 5.75 Å². The Kier molecular flexibility index (Phi) is 12.0. The molecule has 13 heteroatoms. The summed E-state index contributed by atoms with van der Waals surface area (Å²) in [5, 5.41) is 39.9. The SMILES string of the molecule is CC(C)NCC(O)COc1cccc2[nH]c3ccc(C(=O)NCCCCC(NC(C)C(=O)N4CCC[C@H]4C(=O)O)C(=O)O)cc3c12. The van der Waals surface area contributed by atoms with Crippen LogP contribution in [-0.2, 0) is 14.4 Å². The van der Waals surface area contributed by atoms with Crippen molar-refractivity contribution < 1.29 is 39.2 Å². The fourth-order valence-corrected chi connectivity index (χ4v) is 5.76. The smallest absolute Gasteiger partial charge is 0.326 e. The van der Waals surface area contributed by atoms with Crippen LogP contribution in [0, 0.1) is 0 Å². The highest BCUT2D eigenvalue weighted by molar-refractivity contribution is 6.12. The van der Waals surface area contributed by atoms with E-state index in [-0.39, 0.29) is 25.0 Å². The maximum absolute atomic E-state index is 13.0. The number of unbranched alkanes of at least 4 members (excludes halogenated alkanes) is 1. The molecule has 0 radical (unpaired) electrons. The highest BCUT2D eigenvalue weighted by Gasteiger charge is 2.36. The van der Waals surface area contributed by atoms with Gasteiger partial charge in [-0.15, -0.1) is 0 Å². The van der Waals surface area contributed by atoms with Gasteiger partial charge in [-0.3, -0.25) is 19.7 Å². The summed E-state index contributed by atoms with van der Waals surface area (Å²) in [6.07, 6.45) is 1.53. The summed E-state index contributed by atoms with van der Waals surface area (Å²) >= 11 is 0. The van der Waals surface area contributed by atoms with Gasteiger partial charge in [-0.05, 0) is 69.4 Å². The van der Waals surface area contributed by atoms with Crippen molar-refractivity contribution in [1.82, 2.24) is 25.8 Å². The number of aromatic amines is 1. The first-order chi connectivity index (χ1) is 22.0. The number of aliphatic hydroxyl groups excluding tert-OH is 1. The molecule has 4 atom stereocenters. The molecule has 46 heavy (non-hydrogen) atoms. The predicted octanol–water partition coefficient (Wildman–Crippen LogP) is 2.47. The van der Waals surface area contributed by atoms with Gasteiger partial charge in [0.1, 0.15) is 30.5 Å². The maximum Gasteiger partial charge on any atom is 0.326 e. The molecular weight excluding hydrogens is 594 g/mol. The molecule has 0 bridgehead atoms. The van der Waals surface area contributed by atoms with Gasteiger partial charge in [-0.1, -0.05) is 19.9 Å². The molecule has 2 aromatic carbocycles. The first-order valence-corrected chi connectivity index (χ1v) is 15.8. The van der Waals surface area contributed by atoms with Gasteiger partial charge in [-0.2, -0.15) is 0 Å². The van der Waals surface area contributed by atoms with Crippen molar-refractivity contribution in [3.63, 3.8) is 0 Å². The molecule has 3 unspecified atom stereocenters. The Balaban J connectivity index is 1.30. The van der Waals surface area contributed by atoms with Crippen molar-refractivity contribution in [2.24, 2.45) is 0 Å². The van der Waals surface area contributed by atoms with E-state index in [2.05, 4.69) is 20.9 Å². The van der Waals surface area contributed by atoms with Gasteiger partial charge in [0.2, 0.25) is 5.91 Å². The Morgan fingerprint density at radius 2 is 1.85 bits per heavy atom. The number of aromatic nitrogens is 1. The molecule has 1 aromatic heterocycles. The monoisotopic (exact) mass is 639 g/mol. The number of aliphatic hydroxyl groups is 1. The largest absolute Gasteiger partial charge is 0.490 e. The van der Waals surface area contributed by atoms with Gasteiger partial charge in [0.25, 0.3) is 5.91 Å². The van der Waals surface area contributed by atoms with Crippen molar-refractivity contribution in [2.75, 3.05) is 26.2 Å². The fraction of sp³-hybridized carbons (Fsp3) is 0.515. The molecule has 250 valence electrons. The second-order valence-corrected chi connectivity index (χ2v) is 12.2. The van der Waals surface area contributed by atoms with Crippen LogP contribution in [0.2, 0.25) is 0 Å². The summed E-state index contributed by atoms with van der Waals surface area (Å²) in [5.41, 5.74) is 2.15. The van der Waals surface area contributed by atoms with Crippen LogP contribution in [0.5, 0.6) is 5.75 Å². The summed E-state index contributed by atoms with van der Waals surface area (Å²) in [5.74, 6) is -2.25. The molecular formula is C33H45N5O8. The van der Waals surface area contributed by atoms with Crippen LogP contribution in [0.4, 0.5) is 0 Å².